The summed E-state index contributed by atoms with van der Waals surface area (Å²) in [5.41, 5.74) is 4.33. The van der Waals surface area contributed by atoms with E-state index in [2.05, 4.69) is 4.98 Å². The summed E-state index contributed by atoms with van der Waals surface area (Å²) in [5.74, 6) is 0.0921. The predicted octanol–water partition coefficient (Wildman–Crippen LogP) is 6.05. The molecule has 0 spiro atoms. The fourth-order valence-corrected chi connectivity index (χ4v) is 4.09. The maximum absolute atomic E-state index is 13.0. The molecule has 5 aromatic rings. The summed E-state index contributed by atoms with van der Waals surface area (Å²) in [6.45, 7) is 2.02. The van der Waals surface area contributed by atoms with E-state index in [0.29, 0.717) is 34.3 Å². The molecule has 0 radical (unpaired) electrons. The van der Waals surface area contributed by atoms with Gasteiger partial charge in [-0.1, -0.05) is 48.5 Å². The van der Waals surface area contributed by atoms with Gasteiger partial charge in [0.1, 0.15) is 22.7 Å². The van der Waals surface area contributed by atoms with Gasteiger partial charge in [-0.3, -0.25) is 0 Å². The molecule has 3 aromatic carbocycles. The Kier molecular flexibility index (Phi) is 4.71. The number of carbonyl (C=O) groups is 1. The number of rotatable bonds is 5. The summed E-state index contributed by atoms with van der Waals surface area (Å²) in [4.78, 5) is 16.3. The van der Waals surface area contributed by atoms with Crippen LogP contribution in [0, 0.1) is 0 Å². The molecule has 2 heterocycles. The van der Waals surface area contributed by atoms with Crippen LogP contribution < -0.4 is 0 Å². The van der Waals surface area contributed by atoms with Crippen LogP contribution in [0.2, 0.25) is 0 Å². The molecule has 0 aliphatic heterocycles. The van der Waals surface area contributed by atoms with Gasteiger partial charge in [0.2, 0.25) is 0 Å². The second-order valence-electron chi connectivity index (χ2n) is 7.37. The molecular formula is C26H21NO4. The molecule has 2 aromatic heterocycles. The van der Waals surface area contributed by atoms with Gasteiger partial charge in [-0.25, -0.2) is 4.79 Å². The van der Waals surface area contributed by atoms with Crippen LogP contribution in [-0.4, -0.2) is 22.7 Å². The molecule has 0 fully saturated rings. The smallest absolute Gasteiger partial charge is 0.342 e. The van der Waals surface area contributed by atoms with Crippen LogP contribution in [0.3, 0.4) is 0 Å². The number of fused-ring (bicyclic) bond motifs is 2. The van der Waals surface area contributed by atoms with Crippen molar-refractivity contribution in [2.24, 2.45) is 0 Å². The van der Waals surface area contributed by atoms with Crippen LogP contribution in [0.1, 0.15) is 28.4 Å². The number of hydrogen-bond donors (Lipinski definition) is 2. The SMILES string of the molecule is CCOC(=O)c1c(-c2ccccc2)oc2ccc(O)c(Cc3c[nH]c4ccccc34)c12. The third kappa shape index (κ3) is 3.24. The van der Waals surface area contributed by atoms with E-state index < -0.39 is 5.97 Å². The largest absolute Gasteiger partial charge is 0.508 e. The van der Waals surface area contributed by atoms with Crippen LogP contribution in [0.4, 0.5) is 0 Å². The molecule has 2 N–H and O–H groups in total. The van der Waals surface area contributed by atoms with E-state index in [1.165, 1.54) is 0 Å². The number of H-pyrrole nitrogens is 1. The summed E-state index contributed by atoms with van der Waals surface area (Å²) in [5, 5.41) is 12.4. The number of hydrogen-bond acceptors (Lipinski definition) is 4. The van der Waals surface area contributed by atoms with Crippen molar-refractivity contribution in [1.82, 2.24) is 4.98 Å². The maximum atomic E-state index is 13.0. The molecule has 0 saturated carbocycles. The Morgan fingerprint density at radius 2 is 1.81 bits per heavy atom. The van der Waals surface area contributed by atoms with Crippen molar-refractivity contribution in [2.45, 2.75) is 13.3 Å². The van der Waals surface area contributed by atoms with Crippen molar-refractivity contribution in [3.8, 4) is 17.1 Å². The Morgan fingerprint density at radius 1 is 1.03 bits per heavy atom. The minimum Gasteiger partial charge on any atom is -0.508 e. The van der Waals surface area contributed by atoms with Crippen LogP contribution in [0.25, 0.3) is 33.2 Å². The third-order valence-electron chi connectivity index (χ3n) is 5.50. The monoisotopic (exact) mass is 411 g/mol. The zero-order chi connectivity index (χ0) is 21.4. The normalized spacial score (nSPS) is 11.3. The molecule has 0 aliphatic rings. The summed E-state index contributed by atoms with van der Waals surface area (Å²) in [6.07, 6.45) is 2.37. The molecule has 0 aliphatic carbocycles. The fraction of sp³-hybridized carbons (Fsp3) is 0.115. The van der Waals surface area contributed by atoms with Crippen LogP contribution >= 0.6 is 0 Å². The number of nitrogens with one attached hydrogen (secondary N) is 1. The molecule has 5 rings (SSSR count). The lowest BCUT2D eigenvalue weighted by molar-refractivity contribution is 0.0528. The molecule has 5 nitrogen and oxygen atoms in total. The van der Waals surface area contributed by atoms with Gasteiger partial charge in [0.25, 0.3) is 0 Å². The van der Waals surface area contributed by atoms with Gasteiger partial charge in [0, 0.05) is 40.0 Å². The number of esters is 1. The number of ether oxygens (including phenoxy) is 1. The number of benzene rings is 3. The van der Waals surface area contributed by atoms with Crippen molar-refractivity contribution in [2.75, 3.05) is 6.61 Å². The Hall–Kier alpha value is -3.99. The molecule has 0 saturated heterocycles. The average molecular weight is 411 g/mol. The zero-order valence-corrected chi connectivity index (χ0v) is 17.0. The van der Waals surface area contributed by atoms with Crippen LogP contribution in [0.15, 0.2) is 77.3 Å². The number of furan rings is 1. The Morgan fingerprint density at radius 3 is 2.61 bits per heavy atom. The molecule has 0 bridgehead atoms. The van der Waals surface area contributed by atoms with E-state index in [1.54, 1.807) is 19.1 Å². The summed E-state index contributed by atoms with van der Waals surface area (Å²) >= 11 is 0. The third-order valence-corrected chi connectivity index (χ3v) is 5.50. The van der Waals surface area contributed by atoms with Crippen molar-refractivity contribution in [3.63, 3.8) is 0 Å². The lowest BCUT2D eigenvalue weighted by atomic mass is 9.96. The molecule has 0 amide bonds. The molecule has 5 heteroatoms. The van der Waals surface area contributed by atoms with Crippen LogP contribution in [0.5, 0.6) is 5.75 Å². The van der Waals surface area contributed by atoms with E-state index in [-0.39, 0.29) is 12.4 Å². The number of aromatic amines is 1. The minimum absolute atomic E-state index is 0.115. The second-order valence-corrected chi connectivity index (χ2v) is 7.37. The van der Waals surface area contributed by atoms with E-state index in [9.17, 15) is 9.90 Å². The maximum Gasteiger partial charge on any atom is 0.342 e. The predicted molar refractivity (Wildman–Crippen MR) is 120 cm³/mol. The van der Waals surface area contributed by atoms with Gasteiger partial charge >= 0.3 is 5.97 Å². The Balaban J connectivity index is 1.76. The Bertz CT molecular complexity index is 1400. The second kappa shape index (κ2) is 7.69. The van der Waals surface area contributed by atoms with Crippen molar-refractivity contribution >= 4 is 27.8 Å². The number of phenols is 1. The summed E-state index contributed by atoms with van der Waals surface area (Å²) < 4.78 is 11.5. The topological polar surface area (TPSA) is 75.5 Å². The zero-order valence-electron chi connectivity index (χ0n) is 17.0. The van der Waals surface area contributed by atoms with Gasteiger partial charge < -0.3 is 19.2 Å². The highest BCUT2D eigenvalue weighted by molar-refractivity contribution is 6.10. The van der Waals surface area contributed by atoms with E-state index in [0.717, 1.165) is 22.0 Å². The van der Waals surface area contributed by atoms with Crippen molar-refractivity contribution < 1.29 is 19.1 Å². The summed E-state index contributed by atoms with van der Waals surface area (Å²) in [7, 11) is 0. The average Bonchev–Trinajstić information content (AvgIpc) is 3.38. The van der Waals surface area contributed by atoms with Crippen LogP contribution in [-0.2, 0) is 11.2 Å². The van der Waals surface area contributed by atoms with Gasteiger partial charge in [-0.2, -0.15) is 0 Å². The fourth-order valence-electron chi connectivity index (χ4n) is 4.09. The minimum atomic E-state index is -0.467. The first kappa shape index (κ1) is 19.0. The van der Waals surface area contributed by atoms with E-state index in [4.69, 9.17) is 9.15 Å². The first-order valence-corrected chi connectivity index (χ1v) is 10.2. The Labute approximate surface area is 178 Å². The van der Waals surface area contributed by atoms with Gasteiger partial charge in [0.05, 0.1) is 6.61 Å². The highest BCUT2D eigenvalue weighted by Gasteiger charge is 2.27. The molecular weight excluding hydrogens is 390 g/mol. The molecule has 31 heavy (non-hydrogen) atoms. The number of aromatic nitrogens is 1. The van der Waals surface area contributed by atoms with E-state index in [1.807, 2.05) is 60.8 Å². The lowest BCUT2D eigenvalue weighted by Crippen LogP contribution is -2.06. The first-order valence-electron chi connectivity index (χ1n) is 10.2. The van der Waals surface area contributed by atoms with Gasteiger partial charge in [0.15, 0.2) is 0 Å². The number of phenolic OH excluding ortho intramolecular Hbond substituents is 1. The molecule has 0 unspecified atom stereocenters. The van der Waals surface area contributed by atoms with Gasteiger partial charge in [-0.05, 0) is 30.7 Å². The highest BCUT2D eigenvalue weighted by atomic mass is 16.5. The molecule has 0 atom stereocenters. The van der Waals surface area contributed by atoms with Crippen molar-refractivity contribution in [1.29, 1.82) is 0 Å². The highest BCUT2D eigenvalue weighted by Crippen LogP contribution is 2.40. The number of aromatic hydroxyl groups is 1. The lowest BCUT2D eigenvalue weighted by Gasteiger charge is -2.08. The first-order chi connectivity index (χ1) is 15.2. The summed E-state index contributed by atoms with van der Waals surface area (Å²) in [6, 6.07) is 20.8. The number of para-hydroxylation sites is 1. The molecule has 154 valence electrons. The van der Waals surface area contributed by atoms with E-state index >= 15 is 0 Å². The standard InChI is InChI=1S/C26H21NO4/c1-2-30-26(29)24-23-19(14-17-15-27-20-11-7-6-10-18(17)20)21(28)12-13-22(23)31-25(24)16-8-4-3-5-9-16/h3-13,15,27-28H,2,14H2,1H3. The quantitative estimate of drug-likeness (QED) is 0.345. The van der Waals surface area contributed by atoms with Gasteiger partial charge in [-0.15, -0.1) is 0 Å². The number of carbonyl (C=O) groups excluding carboxylic acids is 1. The van der Waals surface area contributed by atoms with Crippen molar-refractivity contribution in [3.05, 3.63) is 89.6 Å².